The van der Waals surface area contributed by atoms with Crippen molar-refractivity contribution in [1.82, 2.24) is 0 Å². The van der Waals surface area contributed by atoms with Crippen LogP contribution >= 0.6 is 11.6 Å². The molecule has 0 aromatic heterocycles. The Labute approximate surface area is 235 Å². The summed E-state index contributed by atoms with van der Waals surface area (Å²) in [6.07, 6.45) is 0.605. The summed E-state index contributed by atoms with van der Waals surface area (Å²) in [4.78, 5) is 35.1. The van der Waals surface area contributed by atoms with Gasteiger partial charge in [-0.3, -0.25) is 9.59 Å². The van der Waals surface area contributed by atoms with Crippen LogP contribution in [0.3, 0.4) is 0 Å². The van der Waals surface area contributed by atoms with Crippen molar-refractivity contribution < 1.29 is 14.3 Å². The lowest BCUT2D eigenvalue weighted by Gasteiger charge is -2.44. The molecule has 0 saturated carbocycles. The van der Waals surface area contributed by atoms with Crippen LogP contribution in [0.2, 0.25) is 5.02 Å². The quantitative estimate of drug-likeness (QED) is 0.406. The molecule has 2 aliphatic heterocycles. The number of anilines is 4. The van der Waals surface area contributed by atoms with Gasteiger partial charge < -0.3 is 24.3 Å². The first-order valence-corrected chi connectivity index (χ1v) is 13.8. The van der Waals surface area contributed by atoms with Crippen LogP contribution in [0.5, 0.6) is 0 Å². The fourth-order valence-corrected chi connectivity index (χ4v) is 5.74. The van der Waals surface area contributed by atoms with Crippen LogP contribution < -0.4 is 19.6 Å². The molecule has 8 heteroatoms. The molecule has 0 radical (unpaired) electrons. The van der Waals surface area contributed by atoms with Crippen molar-refractivity contribution in [3.8, 4) is 0 Å². The second-order valence-corrected chi connectivity index (χ2v) is 10.9. The van der Waals surface area contributed by atoms with Crippen molar-refractivity contribution >= 4 is 46.2 Å². The van der Waals surface area contributed by atoms with E-state index in [1.807, 2.05) is 65.2 Å². The standard InChI is InChI=1S/C31H35ClN4O3/c1-21-19-29(36(22(2)37)26-11-7-24(32)8-12-26)28-14-13-27(34-15-17-39-18-16-34)20-30(28)35(21)31(38)23-5-9-25(10-6-23)33(3)4/h5-14,20-21,29H,15-19H2,1-4H3/t21-,29+/m0/s1. The topological polar surface area (TPSA) is 56.3 Å². The van der Waals surface area contributed by atoms with Crippen LogP contribution in [0.25, 0.3) is 0 Å². The van der Waals surface area contributed by atoms with Gasteiger partial charge in [0.2, 0.25) is 5.91 Å². The van der Waals surface area contributed by atoms with Gasteiger partial charge in [0.15, 0.2) is 0 Å². The summed E-state index contributed by atoms with van der Waals surface area (Å²) in [6.45, 7) is 6.58. The van der Waals surface area contributed by atoms with E-state index in [0.29, 0.717) is 30.2 Å². The molecule has 2 heterocycles. The van der Waals surface area contributed by atoms with E-state index in [2.05, 4.69) is 30.0 Å². The second kappa shape index (κ2) is 11.3. The molecule has 0 bridgehead atoms. The van der Waals surface area contributed by atoms with Crippen molar-refractivity contribution in [2.45, 2.75) is 32.4 Å². The molecule has 3 aromatic rings. The third-order valence-electron chi connectivity index (χ3n) is 7.62. The van der Waals surface area contributed by atoms with Crippen LogP contribution in [0, 0.1) is 0 Å². The van der Waals surface area contributed by atoms with Gasteiger partial charge in [0.05, 0.1) is 24.9 Å². The number of morpholine rings is 1. The number of ether oxygens (including phenoxy) is 1. The van der Waals surface area contributed by atoms with Gasteiger partial charge in [-0.2, -0.15) is 0 Å². The van der Waals surface area contributed by atoms with Gasteiger partial charge in [0.25, 0.3) is 5.91 Å². The van der Waals surface area contributed by atoms with Gasteiger partial charge in [0.1, 0.15) is 0 Å². The summed E-state index contributed by atoms with van der Waals surface area (Å²) in [7, 11) is 3.96. The molecule has 204 valence electrons. The van der Waals surface area contributed by atoms with Crippen molar-refractivity contribution in [2.24, 2.45) is 0 Å². The first-order chi connectivity index (χ1) is 18.7. The maximum atomic E-state index is 14.0. The van der Waals surface area contributed by atoms with Gasteiger partial charge in [-0.25, -0.2) is 0 Å². The number of halogens is 1. The Bertz CT molecular complexity index is 1340. The van der Waals surface area contributed by atoms with Gasteiger partial charge in [0, 0.05) is 67.8 Å². The van der Waals surface area contributed by atoms with Gasteiger partial charge >= 0.3 is 0 Å². The fraction of sp³-hybridized carbons (Fsp3) is 0.355. The lowest BCUT2D eigenvalue weighted by Crippen LogP contribution is -2.47. The van der Waals surface area contributed by atoms with Gasteiger partial charge in [-0.1, -0.05) is 17.7 Å². The molecule has 1 saturated heterocycles. The Kier molecular flexibility index (Phi) is 7.82. The summed E-state index contributed by atoms with van der Waals surface area (Å²) in [5.74, 6) is -0.107. The van der Waals surface area contributed by atoms with E-state index < -0.39 is 0 Å². The smallest absolute Gasteiger partial charge is 0.258 e. The number of hydrogen-bond acceptors (Lipinski definition) is 5. The molecule has 2 amide bonds. The Morgan fingerprint density at radius 2 is 1.56 bits per heavy atom. The lowest BCUT2D eigenvalue weighted by atomic mass is 9.89. The Balaban J connectivity index is 1.60. The molecule has 0 spiro atoms. The molecule has 39 heavy (non-hydrogen) atoms. The van der Waals surface area contributed by atoms with E-state index >= 15 is 0 Å². The fourth-order valence-electron chi connectivity index (χ4n) is 5.61. The number of fused-ring (bicyclic) bond motifs is 1. The predicted octanol–water partition coefficient (Wildman–Crippen LogP) is 5.78. The minimum Gasteiger partial charge on any atom is -0.378 e. The molecule has 2 atom stereocenters. The first-order valence-electron chi connectivity index (χ1n) is 13.4. The van der Waals surface area contributed by atoms with Crippen molar-refractivity contribution in [3.63, 3.8) is 0 Å². The largest absolute Gasteiger partial charge is 0.378 e. The number of carbonyl (C=O) groups is 2. The summed E-state index contributed by atoms with van der Waals surface area (Å²) >= 11 is 6.15. The summed E-state index contributed by atoms with van der Waals surface area (Å²) in [5.41, 5.74) is 5.29. The molecule has 3 aromatic carbocycles. The highest BCUT2D eigenvalue weighted by Gasteiger charge is 2.38. The SMILES string of the molecule is CC(=O)N(c1ccc(Cl)cc1)[C@@H]1C[C@H](C)N(C(=O)c2ccc(N(C)C)cc2)c2cc(N3CCOCC3)ccc21. The van der Waals surface area contributed by atoms with E-state index in [9.17, 15) is 9.59 Å². The average molecular weight is 547 g/mol. The maximum absolute atomic E-state index is 14.0. The van der Waals surface area contributed by atoms with Crippen LogP contribution in [-0.2, 0) is 9.53 Å². The molecule has 0 aliphatic carbocycles. The molecule has 1 fully saturated rings. The molecule has 7 nitrogen and oxygen atoms in total. The van der Waals surface area contributed by atoms with Gasteiger partial charge in [-0.15, -0.1) is 0 Å². The van der Waals surface area contributed by atoms with E-state index in [4.69, 9.17) is 16.3 Å². The Hall–Kier alpha value is -3.55. The number of carbonyl (C=O) groups excluding carboxylic acids is 2. The number of hydrogen-bond donors (Lipinski definition) is 0. The number of amides is 2. The van der Waals surface area contributed by atoms with Crippen LogP contribution in [0.4, 0.5) is 22.7 Å². The summed E-state index contributed by atoms with van der Waals surface area (Å²) in [6, 6.07) is 21.0. The minimum atomic E-state index is -0.229. The zero-order chi connectivity index (χ0) is 27.7. The zero-order valence-electron chi connectivity index (χ0n) is 22.9. The van der Waals surface area contributed by atoms with Crippen molar-refractivity contribution in [3.05, 3.63) is 82.9 Å². The summed E-state index contributed by atoms with van der Waals surface area (Å²) in [5, 5.41) is 0.617. The van der Waals surface area contributed by atoms with E-state index in [-0.39, 0.29) is 23.9 Å². The number of benzene rings is 3. The highest BCUT2D eigenvalue weighted by atomic mass is 35.5. The molecule has 5 rings (SSSR count). The second-order valence-electron chi connectivity index (χ2n) is 10.4. The minimum absolute atomic E-state index is 0.0486. The lowest BCUT2D eigenvalue weighted by molar-refractivity contribution is -0.117. The van der Waals surface area contributed by atoms with Crippen LogP contribution in [-0.4, -0.2) is 58.3 Å². The number of nitrogens with zero attached hydrogens (tertiary/aromatic N) is 4. The van der Waals surface area contributed by atoms with Gasteiger partial charge in [-0.05, 0) is 79.6 Å². The van der Waals surface area contributed by atoms with Crippen LogP contribution in [0.1, 0.15) is 42.2 Å². The van der Waals surface area contributed by atoms with E-state index in [1.54, 1.807) is 19.1 Å². The highest BCUT2D eigenvalue weighted by Crippen LogP contribution is 2.44. The molecular weight excluding hydrogens is 512 g/mol. The van der Waals surface area contributed by atoms with Crippen molar-refractivity contribution in [1.29, 1.82) is 0 Å². The van der Waals surface area contributed by atoms with Crippen LogP contribution in [0.15, 0.2) is 66.7 Å². The van der Waals surface area contributed by atoms with Crippen molar-refractivity contribution in [2.75, 3.05) is 60.0 Å². The predicted molar refractivity (Wildman–Crippen MR) is 158 cm³/mol. The maximum Gasteiger partial charge on any atom is 0.258 e. The monoisotopic (exact) mass is 546 g/mol. The van der Waals surface area contributed by atoms with E-state index in [0.717, 1.165) is 41.4 Å². The first kappa shape index (κ1) is 27.0. The van der Waals surface area contributed by atoms with E-state index in [1.165, 1.54) is 0 Å². The highest BCUT2D eigenvalue weighted by molar-refractivity contribution is 6.30. The average Bonchev–Trinajstić information content (AvgIpc) is 2.94. The molecular formula is C31H35ClN4O3. The molecule has 2 aliphatic rings. The number of rotatable bonds is 5. The molecule has 0 N–H and O–H groups in total. The normalized spacial score (nSPS) is 18.9. The third-order valence-corrected chi connectivity index (χ3v) is 7.87. The Morgan fingerprint density at radius 3 is 2.18 bits per heavy atom. The summed E-state index contributed by atoms with van der Waals surface area (Å²) < 4.78 is 5.56. The zero-order valence-corrected chi connectivity index (χ0v) is 23.7. The molecule has 0 unspecified atom stereocenters. The Morgan fingerprint density at radius 1 is 0.923 bits per heavy atom. The third kappa shape index (κ3) is 5.47.